The van der Waals surface area contributed by atoms with E-state index in [1.165, 1.54) is 23.5 Å². The predicted molar refractivity (Wildman–Crippen MR) is 93.0 cm³/mol. The zero-order chi connectivity index (χ0) is 18.7. The molecule has 1 atom stereocenters. The van der Waals surface area contributed by atoms with Crippen LogP contribution in [0.1, 0.15) is 28.1 Å². The van der Waals surface area contributed by atoms with Crippen molar-refractivity contribution in [2.75, 3.05) is 18.4 Å². The molecule has 1 saturated heterocycles. The van der Waals surface area contributed by atoms with Crippen LogP contribution in [0.15, 0.2) is 41.8 Å². The number of likely N-dealkylation sites (tertiary alicyclic amines) is 1. The second-order valence-electron chi connectivity index (χ2n) is 6.13. The highest BCUT2D eigenvalue weighted by atomic mass is 32.1. The van der Waals surface area contributed by atoms with Gasteiger partial charge in [-0.1, -0.05) is 6.07 Å². The van der Waals surface area contributed by atoms with E-state index in [0.29, 0.717) is 36.5 Å². The molecule has 1 aliphatic rings. The minimum absolute atomic E-state index is 0.0907. The fraction of sp³-hybridized carbons (Fsp3) is 0.333. The zero-order valence-corrected chi connectivity index (χ0v) is 14.6. The molecule has 26 heavy (non-hydrogen) atoms. The molecule has 8 heteroatoms. The second-order valence-corrected chi connectivity index (χ2v) is 7.08. The van der Waals surface area contributed by atoms with Crippen LogP contribution in [0.3, 0.4) is 0 Å². The molecular weight excluding hydrogens is 365 g/mol. The van der Waals surface area contributed by atoms with Gasteiger partial charge in [0.15, 0.2) is 0 Å². The molecule has 0 radical (unpaired) electrons. The molecule has 3 rings (SSSR count). The van der Waals surface area contributed by atoms with Gasteiger partial charge < -0.3 is 10.2 Å². The number of piperidine rings is 1. The van der Waals surface area contributed by atoms with Gasteiger partial charge in [-0.05, 0) is 48.6 Å². The topological polar surface area (TPSA) is 49.4 Å². The number of carbonyl (C=O) groups excluding carboxylic acids is 2. The number of benzene rings is 1. The molecule has 0 aliphatic carbocycles. The third-order valence-electron chi connectivity index (χ3n) is 4.29. The molecule has 1 fully saturated rings. The molecule has 1 unspecified atom stereocenters. The summed E-state index contributed by atoms with van der Waals surface area (Å²) in [6.45, 7) is 0.907. The average molecular weight is 382 g/mol. The van der Waals surface area contributed by atoms with Gasteiger partial charge in [0.2, 0.25) is 5.91 Å². The zero-order valence-electron chi connectivity index (χ0n) is 13.8. The monoisotopic (exact) mass is 382 g/mol. The first-order chi connectivity index (χ1) is 12.3. The fourth-order valence-electron chi connectivity index (χ4n) is 2.92. The van der Waals surface area contributed by atoms with Crippen LogP contribution in [0.25, 0.3) is 0 Å². The van der Waals surface area contributed by atoms with E-state index in [-0.39, 0.29) is 17.7 Å². The van der Waals surface area contributed by atoms with Gasteiger partial charge in [-0.2, -0.15) is 13.2 Å². The third-order valence-corrected chi connectivity index (χ3v) is 5.15. The minimum Gasteiger partial charge on any atom is -0.337 e. The highest BCUT2D eigenvalue weighted by molar-refractivity contribution is 7.12. The van der Waals surface area contributed by atoms with Crippen LogP contribution in [0, 0.1) is 5.92 Å². The first kappa shape index (κ1) is 18.4. The molecular formula is C18H17F3N2O2S. The number of thiophene rings is 1. The Balaban J connectivity index is 1.61. The summed E-state index contributed by atoms with van der Waals surface area (Å²) in [6, 6.07) is 7.89. The smallest absolute Gasteiger partial charge is 0.337 e. The first-order valence-electron chi connectivity index (χ1n) is 8.15. The van der Waals surface area contributed by atoms with E-state index < -0.39 is 11.7 Å². The van der Waals surface area contributed by atoms with E-state index >= 15 is 0 Å². The molecule has 2 aromatic rings. The van der Waals surface area contributed by atoms with Crippen molar-refractivity contribution in [3.8, 4) is 0 Å². The standard InChI is InChI=1S/C18H17F3N2O2S/c19-18(20,21)13-5-7-14(8-6-13)22-16(24)12-3-1-9-23(11-12)17(25)15-4-2-10-26-15/h2,4-8,10,12H,1,3,9,11H2,(H,22,24). The van der Waals surface area contributed by atoms with Gasteiger partial charge in [0, 0.05) is 18.8 Å². The molecule has 4 nitrogen and oxygen atoms in total. The molecule has 2 heterocycles. The minimum atomic E-state index is -4.41. The maximum atomic E-state index is 12.6. The average Bonchev–Trinajstić information content (AvgIpc) is 3.15. The van der Waals surface area contributed by atoms with Gasteiger partial charge >= 0.3 is 6.18 Å². The summed E-state index contributed by atoms with van der Waals surface area (Å²) in [5, 5.41) is 4.47. The van der Waals surface area contributed by atoms with Crippen molar-refractivity contribution < 1.29 is 22.8 Å². The van der Waals surface area contributed by atoms with Crippen LogP contribution in [-0.2, 0) is 11.0 Å². The van der Waals surface area contributed by atoms with Gasteiger partial charge in [0.1, 0.15) is 0 Å². The quantitative estimate of drug-likeness (QED) is 0.862. The van der Waals surface area contributed by atoms with Crippen molar-refractivity contribution in [1.29, 1.82) is 0 Å². The Labute approximate surface area is 152 Å². The van der Waals surface area contributed by atoms with Crippen molar-refractivity contribution in [1.82, 2.24) is 4.90 Å². The van der Waals surface area contributed by atoms with E-state index in [9.17, 15) is 22.8 Å². The van der Waals surface area contributed by atoms with Crippen LogP contribution in [0.5, 0.6) is 0 Å². The predicted octanol–water partition coefficient (Wildman–Crippen LogP) is 4.26. The Morgan fingerprint density at radius 1 is 1.15 bits per heavy atom. The van der Waals surface area contributed by atoms with E-state index in [4.69, 9.17) is 0 Å². The number of nitrogens with zero attached hydrogens (tertiary/aromatic N) is 1. The number of carbonyl (C=O) groups is 2. The number of hydrogen-bond acceptors (Lipinski definition) is 3. The largest absolute Gasteiger partial charge is 0.416 e. The highest BCUT2D eigenvalue weighted by Crippen LogP contribution is 2.30. The number of alkyl halides is 3. The molecule has 0 spiro atoms. The Morgan fingerprint density at radius 2 is 1.88 bits per heavy atom. The Bertz CT molecular complexity index is 773. The number of nitrogens with one attached hydrogen (secondary N) is 1. The number of hydrogen-bond donors (Lipinski definition) is 1. The van der Waals surface area contributed by atoms with Crippen molar-refractivity contribution in [3.63, 3.8) is 0 Å². The van der Waals surface area contributed by atoms with Gasteiger partial charge in [0.05, 0.1) is 16.4 Å². The summed E-state index contributed by atoms with van der Waals surface area (Å²) in [5.41, 5.74) is -0.453. The van der Waals surface area contributed by atoms with Gasteiger partial charge in [-0.3, -0.25) is 9.59 Å². The van der Waals surface area contributed by atoms with E-state index in [2.05, 4.69) is 5.32 Å². The lowest BCUT2D eigenvalue weighted by molar-refractivity contribution is -0.137. The van der Waals surface area contributed by atoms with Gasteiger partial charge in [0.25, 0.3) is 5.91 Å². The number of amides is 2. The summed E-state index contributed by atoms with van der Waals surface area (Å²) in [5.74, 6) is -0.754. The van der Waals surface area contributed by atoms with Crippen LogP contribution >= 0.6 is 11.3 Å². The maximum Gasteiger partial charge on any atom is 0.416 e. The van der Waals surface area contributed by atoms with Crippen molar-refractivity contribution in [2.45, 2.75) is 19.0 Å². The first-order valence-corrected chi connectivity index (χ1v) is 9.03. The molecule has 2 amide bonds. The van der Waals surface area contributed by atoms with E-state index in [1.807, 2.05) is 5.38 Å². The summed E-state index contributed by atoms with van der Waals surface area (Å²) >= 11 is 1.36. The van der Waals surface area contributed by atoms with Crippen molar-refractivity contribution >= 4 is 28.8 Å². The van der Waals surface area contributed by atoms with Gasteiger partial charge in [-0.15, -0.1) is 11.3 Å². The molecule has 0 saturated carbocycles. The molecule has 0 bridgehead atoms. The normalized spacial score (nSPS) is 17.8. The molecule has 1 aromatic carbocycles. The number of rotatable bonds is 3. The van der Waals surface area contributed by atoms with Gasteiger partial charge in [-0.25, -0.2) is 0 Å². The Morgan fingerprint density at radius 3 is 2.50 bits per heavy atom. The lowest BCUT2D eigenvalue weighted by atomic mass is 9.96. The summed E-state index contributed by atoms with van der Waals surface area (Å²) in [4.78, 5) is 27.1. The van der Waals surface area contributed by atoms with Crippen LogP contribution in [0.2, 0.25) is 0 Å². The van der Waals surface area contributed by atoms with Crippen molar-refractivity contribution in [3.05, 3.63) is 52.2 Å². The molecule has 1 aromatic heterocycles. The summed E-state index contributed by atoms with van der Waals surface area (Å²) < 4.78 is 37.8. The SMILES string of the molecule is O=C(Nc1ccc(C(F)(F)F)cc1)C1CCCN(C(=O)c2cccs2)C1. The van der Waals surface area contributed by atoms with E-state index in [1.54, 1.807) is 17.0 Å². The maximum absolute atomic E-state index is 12.6. The Hall–Kier alpha value is -2.35. The molecule has 1 N–H and O–H groups in total. The molecule has 138 valence electrons. The second kappa shape index (κ2) is 7.49. The van der Waals surface area contributed by atoms with Crippen LogP contribution < -0.4 is 5.32 Å². The van der Waals surface area contributed by atoms with Crippen molar-refractivity contribution in [2.24, 2.45) is 5.92 Å². The van der Waals surface area contributed by atoms with E-state index in [0.717, 1.165) is 12.1 Å². The van der Waals surface area contributed by atoms with Crippen LogP contribution in [-0.4, -0.2) is 29.8 Å². The molecule has 1 aliphatic heterocycles. The highest BCUT2D eigenvalue weighted by Gasteiger charge is 2.31. The fourth-order valence-corrected chi connectivity index (χ4v) is 3.61. The summed E-state index contributed by atoms with van der Waals surface area (Å²) in [6.07, 6.45) is -3.06. The Kier molecular flexibility index (Phi) is 5.31. The third kappa shape index (κ3) is 4.24. The van der Waals surface area contributed by atoms with Crippen LogP contribution in [0.4, 0.5) is 18.9 Å². The summed E-state index contributed by atoms with van der Waals surface area (Å²) in [7, 11) is 0. The number of anilines is 1. The lowest BCUT2D eigenvalue weighted by Gasteiger charge is -2.31. The number of halogens is 3. The lowest BCUT2D eigenvalue weighted by Crippen LogP contribution is -2.43.